The first-order valence-corrected chi connectivity index (χ1v) is 17.1. The number of ether oxygens (including phenoxy) is 1. The molecule has 0 bridgehead atoms. The number of hydrogen-bond donors (Lipinski definition) is 0. The zero-order valence-corrected chi connectivity index (χ0v) is 27.4. The third kappa shape index (κ3) is 3.86. The summed E-state index contributed by atoms with van der Waals surface area (Å²) in [6, 6.07) is 59.3. The predicted molar refractivity (Wildman–Crippen MR) is 201 cm³/mol. The Hall–Kier alpha value is -5.99. The second kappa shape index (κ2) is 10.3. The third-order valence-electron chi connectivity index (χ3n) is 11.0. The highest BCUT2D eigenvalue weighted by Crippen LogP contribution is 2.62. The Balaban J connectivity index is 1.19. The van der Waals surface area contributed by atoms with E-state index >= 15 is 0 Å². The van der Waals surface area contributed by atoms with E-state index in [2.05, 4.69) is 178 Å². The van der Waals surface area contributed by atoms with E-state index in [-0.39, 0.29) is 5.41 Å². The summed E-state index contributed by atoms with van der Waals surface area (Å²) in [5, 5.41) is 3.55. The number of benzene rings is 7. The molecule has 0 N–H and O–H groups in total. The Morgan fingerprint density at radius 3 is 1.78 bits per heavy atom. The standard InChI is InChI=1S/C47H33NO/c1-46(2)36-15-5-6-16-37(36)47(38-17-7-9-20-42(38)49-43-21-10-8-18-39(43)47)40-19-11-14-34(44(40)46)31-22-25-32(26-23-31)41-29-28-33-27-24-30-12-3-4-13-35(30)45(33)48-41/h3-29H,1-2H3. The molecular formula is C47H33NO. The summed E-state index contributed by atoms with van der Waals surface area (Å²) in [6.07, 6.45) is 0. The van der Waals surface area contributed by atoms with Gasteiger partial charge in [-0.3, -0.25) is 0 Å². The summed E-state index contributed by atoms with van der Waals surface area (Å²) in [6.45, 7) is 4.77. The summed E-state index contributed by atoms with van der Waals surface area (Å²) < 4.78 is 6.60. The monoisotopic (exact) mass is 627 g/mol. The number of para-hydroxylation sites is 2. The first-order valence-electron chi connectivity index (χ1n) is 17.1. The van der Waals surface area contributed by atoms with Crippen LogP contribution >= 0.6 is 0 Å². The minimum absolute atomic E-state index is 0.254. The maximum absolute atomic E-state index is 6.60. The minimum Gasteiger partial charge on any atom is -0.457 e. The number of hydrogen-bond acceptors (Lipinski definition) is 2. The van der Waals surface area contributed by atoms with Crippen molar-refractivity contribution < 1.29 is 4.74 Å². The molecule has 49 heavy (non-hydrogen) atoms. The minimum atomic E-state index is -0.527. The van der Waals surface area contributed by atoms with Gasteiger partial charge in [0.15, 0.2) is 0 Å². The molecule has 0 radical (unpaired) electrons. The molecule has 2 heteroatoms. The highest BCUT2D eigenvalue weighted by molar-refractivity contribution is 6.05. The molecule has 2 aliphatic rings. The number of aromatic nitrogens is 1. The van der Waals surface area contributed by atoms with Crippen molar-refractivity contribution in [2.75, 3.05) is 0 Å². The Morgan fingerprint density at radius 2 is 1.02 bits per heavy atom. The predicted octanol–water partition coefficient (Wildman–Crippen LogP) is 11.8. The molecule has 0 unspecified atom stereocenters. The average Bonchev–Trinajstić information content (AvgIpc) is 3.16. The lowest BCUT2D eigenvalue weighted by molar-refractivity contribution is 0.425. The fourth-order valence-electron chi connectivity index (χ4n) is 8.83. The van der Waals surface area contributed by atoms with Crippen LogP contribution in [0.4, 0.5) is 0 Å². The molecule has 0 atom stereocenters. The van der Waals surface area contributed by atoms with Gasteiger partial charge in [0.1, 0.15) is 11.5 Å². The van der Waals surface area contributed by atoms with Crippen molar-refractivity contribution in [2.45, 2.75) is 24.7 Å². The van der Waals surface area contributed by atoms with Crippen molar-refractivity contribution in [3.63, 3.8) is 0 Å². The van der Waals surface area contributed by atoms with Crippen LogP contribution in [0.25, 0.3) is 44.1 Å². The van der Waals surface area contributed by atoms with Crippen LogP contribution in [0.1, 0.15) is 47.2 Å². The molecule has 0 saturated carbocycles. The molecule has 1 aliphatic carbocycles. The van der Waals surface area contributed by atoms with Gasteiger partial charge < -0.3 is 4.74 Å². The van der Waals surface area contributed by atoms with Gasteiger partial charge in [0.05, 0.1) is 16.6 Å². The first kappa shape index (κ1) is 28.1. The lowest BCUT2D eigenvalue weighted by atomic mass is 9.53. The van der Waals surface area contributed by atoms with Crippen LogP contribution in [0, 0.1) is 0 Å². The van der Waals surface area contributed by atoms with E-state index in [1.165, 1.54) is 55.3 Å². The second-order valence-electron chi connectivity index (χ2n) is 13.9. The molecule has 10 rings (SSSR count). The number of nitrogens with zero attached hydrogens (tertiary/aromatic N) is 1. The van der Waals surface area contributed by atoms with Crippen LogP contribution in [0.5, 0.6) is 11.5 Å². The van der Waals surface area contributed by atoms with Crippen molar-refractivity contribution in [3.8, 4) is 33.9 Å². The molecular weight excluding hydrogens is 595 g/mol. The molecule has 0 fully saturated rings. The van der Waals surface area contributed by atoms with E-state index in [0.717, 1.165) is 33.7 Å². The molecule has 0 amide bonds. The molecule has 2 nitrogen and oxygen atoms in total. The zero-order chi connectivity index (χ0) is 32.7. The average molecular weight is 628 g/mol. The Kier molecular flexibility index (Phi) is 5.87. The topological polar surface area (TPSA) is 22.1 Å². The lowest BCUT2D eigenvalue weighted by Gasteiger charge is -2.50. The summed E-state index contributed by atoms with van der Waals surface area (Å²) >= 11 is 0. The summed E-state index contributed by atoms with van der Waals surface area (Å²) in [7, 11) is 0. The van der Waals surface area contributed by atoms with Gasteiger partial charge in [0, 0.05) is 32.9 Å². The molecule has 232 valence electrons. The van der Waals surface area contributed by atoms with Crippen LogP contribution in [0.3, 0.4) is 0 Å². The molecule has 1 spiro atoms. The van der Waals surface area contributed by atoms with Crippen LogP contribution in [-0.4, -0.2) is 4.98 Å². The van der Waals surface area contributed by atoms with Crippen molar-refractivity contribution in [3.05, 3.63) is 197 Å². The summed E-state index contributed by atoms with van der Waals surface area (Å²) in [5.41, 5.74) is 12.5. The molecule has 0 saturated heterocycles. The van der Waals surface area contributed by atoms with Crippen molar-refractivity contribution in [1.29, 1.82) is 0 Å². The van der Waals surface area contributed by atoms with E-state index in [4.69, 9.17) is 9.72 Å². The van der Waals surface area contributed by atoms with Crippen molar-refractivity contribution in [1.82, 2.24) is 4.98 Å². The number of fused-ring (bicyclic) bond motifs is 11. The molecule has 7 aromatic carbocycles. The highest BCUT2D eigenvalue weighted by Gasteiger charge is 2.53. The molecule has 8 aromatic rings. The summed E-state index contributed by atoms with van der Waals surface area (Å²) in [4.78, 5) is 5.18. The van der Waals surface area contributed by atoms with E-state index in [1.54, 1.807) is 0 Å². The van der Waals surface area contributed by atoms with Gasteiger partial charge in [-0.2, -0.15) is 0 Å². The smallest absolute Gasteiger partial charge is 0.132 e. The Morgan fingerprint density at radius 1 is 0.449 bits per heavy atom. The van der Waals surface area contributed by atoms with Gasteiger partial charge in [0.2, 0.25) is 0 Å². The van der Waals surface area contributed by atoms with Gasteiger partial charge in [-0.25, -0.2) is 4.98 Å². The van der Waals surface area contributed by atoms with Crippen LogP contribution < -0.4 is 4.74 Å². The maximum Gasteiger partial charge on any atom is 0.132 e. The number of pyridine rings is 1. The Bertz CT molecular complexity index is 2570. The van der Waals surface area contributed by atoms with Gasteiger partial charge in [-0.05, 0) is 57.0 Å². The molecule has 1 aliphatic heterocycles. The van der Waals surface area contributed by atoms with Gasteiger partial charge >= 0.3 is 0 Å². The van der Waals surface area contributed by atoms with Crippen molar-refractivity contribution in [2.24, 2.45) is 0 Å². The SMILES string of the molecule is CC1(C)c2ccccc2C2(c3ccccc3Oc3ccccc32)c2cccc(-c3ccc(-c4ccc5ccc6ccccc6c5n4)cc3)c21. The Labute approximate surface area is 286 Å². The molecule has 2 heterocycles. The molecule has 1 aromatic heterocycles. The lowest BCUT2D eigenvalue weighted by Crippen LogP contribution is -2.43. The summed E-state index contributed by atoms with van der Waals surface area (Å²) in [5.74, 6) is 1.82. The first-order chi connectivity index (χ1) is 24.0. The number of rotatable bonds is 2. The second-order valence-corrected chi connectivity index (χ2v) is 13.9. The fourth-order valence-corrected chi connectivity index (χ4v) is 8.83. The maximum atomic E-state index is 6.60. The van der Waals surface area contributed by atoms with Crippen molar-refractivity contribution >= 4 is 21.7 Å². The van der Waals surface area contributed by atoms with Gasteiger partial charge in [-0.15, -0.1) is 0 Å². The van der Waals surface area contributed by atoms with E-state index in [9.17, 15) is 0 Å². The highest BCUT2D eigenvalue weighted by atomic mass is 16.5. The fraction of sp³-hybridized carbons (Fsp3) is 0.0851. The van der Waals surface area contributed by atoms with Crippen LogP contribution in [0.15, 0.2) is 164 Å². The van der Waals surface area contributed by atoms with E-state index < -0.39 is 5.41 Å². The normalized spacial score (nSPS) is 14.8. The van der Waals surface area contributed by atoms with E-state index in [0.29, 0.717) is 0 Å². The largest absolute Gasteiger partial charge is 0.457 e. The van der Waals surface area contributed by atoms with Crippen LogP contribution in [-0.2, 0) is 10.8 Å². The van der Waals surface area contributed by atoms with Gasteiger partial charge in [-0.1, -0.05) is 159 Å². The third-order valence-corrected chi connectivity index (χ3v) is 11.0. The van der Waals surface area contributed by atoms with Gasteiger partial charge in [0.25, 0.3) is 0 Å². The zero-order valence-electron chi connectivity index (χ0n) is 27.4. The quantitative estimate of drug-likeness (QED) is 0.178. The van der Waals surface area contributed by atoms with E-state index in [1.807, 2.05) is 0 Å². The van der Waals surface area contributed by atoms with Crippen LogP contribution in [0.2, 0.25) is 0 Å².